The van der Waals surface area contributed by atoms with Crippen molar-refractivity contribution >= 4 is 5.78 Å². The summed E-state index contributed by atoms with van der Waals surface area (Å²) >= 11 is 0. The molecule has 0 saturated carbocycles. The number of Topliss-reactive ketones (excluding diaryl/α,β-unsaturated/α-hetero) is 1. The minimum Gasteiger partial charge on any atom is -0.371 e. The van der Waals surface area contributed by atoms with Crippen LogP contribution >= 0.6 is 0 Å². The Morgan fingerprint density at radius 1 is 1.00 bits per heavy atom. The monoisotopic (exact) mass is 228 g/mol. The molecule has 1 unspecified atom stereocenters. The lowest BCUT2D eigenvalue weighted by Crippen LogP contribution is -2.17. The fraction of sp³-hybridized carbons (Fsp3) is 0.929. The van der Waals surface area contributed by atoms with Gasteiger partial charge >= 0.3 is 0 Å². The van der Waals surface area contributed by atoms with E-state index >= 15 is 0 Å². The Labute approximate surface area is 101 Å². The van der Waals surface area contributed by atoms with E-state index < -0.39 is 0 Å². The maximum atomic E-state index is 10.9. The van der Waals surface area contributed by atoms with Gasteiger partial charge in [-0.05, 0) is 20.3 Å². The van der Waals surface area contributed by atoms with Gasteiger partial charge in [-0.3, -0.25) is 4.79 Å². The Morgan fingerprint density at radius 2 is 1.50 bits per heavy atom. The van der Waals surface area contributed by atoms with E-state index in [2.05, 4.69) is 6.92 Å². The summed E-state index contributed by atoms with van der Waals surface area (Å²) in [6, 6.07) is 0. The first-order valence-corrected chi connectivity index (χ1v) is 6.80. The molecule has 0 bridgehead atoms. The molecule has 0 aliphatic rings. The molecule has 0 saturated heterocycles. The van der Waals surface area contributed by atoms with Crippen molar-refractivity contribution < 1.29 is 9.53 Å². The lowest BCUT2D eigenvalue weighted by atomic mass is 10.1. The summed E-state index contributed by atoms with van der Waals surface area (Å²) in [4.78, 5) is 10.9. The number of unbranched alkanes of at least 4 members (excludes halogenated alkanes) is 7. The number of hydrogen-bond acceptors (Lipinski definition) is 2. The topological polar surface area (TPSA) is 26.3 Å². The molecule has 96 valence electrons. The second-order valence-electron chi connectivity index (χ2n) is 4.60. The van der Waals surface area contributed by atoms with Crippen LogP contribution in [0.3, 0.4) is 0 Å². The van der Waals surface area contributed by atoms with Gasteiger partial charge in [-0.25, -0.2) is 0 Å². The summed E-state index contributed by atoms with van der Waals surface area (Å²) in [6.45, 7) is 6.38. The number of ether oxygens (including phenoxy) is 1. The molecule has 2 nitrogen and oxygen atoms in total. The zero-order valence-electron chi connectivity index (χ0n) is 11.3. The number of rotatable bonds is 11. The van der Waals surface area contributed by atoms with E-state index in [1.165, 1.54) is 44.9 Å². The normalized spacial score (nSPS) is 12.7. The molecule has 0 fully saturated rings. The quantitative estimate of drug-likeness (QED) is 0.497. The van der Waals surface area contributed by atoms with Crippen molar-refractivity contribution in [1.29, 1.82) is 0 Å². The minimum atomic E-state index is -0.218. The zero-order chi connectivity index (χ0) is 12.2. The summed E-state index contributed by atoms with van der Waals surface area (Å²) in [5.41, 5.74) is 0. The summed E-state index contributed by atoms with van der Waals surface area (Å²) in [5, 5.41) is 0. The lowest BCUT2D eigenvalue weighted by Gasteiger charge is -2.09. The largest absolute Gasteiger partial charge is 0.371 e. The first-order chi connectivity index (χ1) is 7.68. The molecule has 0 aromatic carbocycles. The van der Waals surface area contributed by atoms with Crippen LogP contribution in [-0.4, -0.2) is 18.5 Å². The highest BCUT2D eigenvalue weighted by Crippen LogP contribution is 2.08. The molecular weight excluding hydrogens is 200 g/mol. The number of carbonyl (C=O) groups excluding carboxylic acids is 1. The van der Waals surface area contributed by atoms with Crippen molar-refractivity contribution in [2.24, 2.45) is 0 Å². The third-order valence-electron chi connectivity index (χ3n) is 2.94. The van der Waals surface area contributed by atoms with Gasteiger partial charge in [0.05, 0.1) is 0 Å². The molecule has 0 aromatic rings. The van der Waals surface area contributed by atoms with Crippen molar-refractivity contribution in [2.75, 3.05) is 6.61 Å². The average Bonchev–Trinajstić information content (AvgIpc) is 2.26. The highest BCUT2D eigenvalue weighted by Gasteiger charge is 2.05. The van der Waals surface area contributed by atoms with Crippen LogP contribution in [0, 0.1) is 0 Å². The number of ketones is 1. The van der Waals surface area contributed by atoms with Crippen LogP contribution in [0.5, 0.6) is 0 Å². The fourth-order valence-corrected chi connectivity index (χ4v) is 1.61. The standard InChI is InChI=1S/C14H28O2/c1-4-5-6-7-8-9-10-11-12-16-14(3)13(2)15/h14H,4-12H2,1-3H3. The first-order valence-electron chi connectivity index (χ1n) is 6.80. The predicted octanol–water partition coefficient (Wildman–Crippen LogP) is 4.12. The van der Waals surface area contributed by atoms with Crippen molar-refractivity contribution in [1.82, 2.24) is 0 Å². The van der Waals surface area contributed by atoms with Gasteiger partial charge in [-0.1, -0.05) is 51.9 Å². The van der Waals surface area contributed by atoms with Crippen molar-refractivity contribution in [3.8, 4) is 0 Å². The van der Waals surface area contributed by atoms with E-state index in [0.717, 1.165) is 13.0 Å². The average molecular weight is 228 g/mol. The molecule has 0 amide bonds. The highest BCUT2D eigenvalue weighted by molar-refractivity contribution is 5.79. The van der Waals surface area contributed by atoms with Crippen LogP contribution in [0.4, 0.5) is 0 Å². The maximum Gasteiger partial charge on any atom is 0.158 e. The molecule has 0 aromatic heterocycles. The van der Waals surface area contributed by atoms with E-state index in [1.54, 1.807) is 6.92 Å². The van der Waals surface area contributed by atoms with Crippen LogP contribution in [0.2, 0.25) is 0 Å². The Bertz CT molecular complexity index is 166. The molecule has 0 aliphatic carbocycles. The summed E-state index contributed by atoms with van der Waals surface area (Å²) in [7, 11) is 0. The Hall–Kier alpha value is -0.370. The molecule has 1 atom stereocenters. The van der Waals surface area contributed by atoms with E-state index in [4.69, 9.17) is 4.74 Å². The van der Waals surface area contributed by atoms with Gasteiger partial charge in [0.2, 0.25) is 0 Å². The van der Waals surface area contributed by atoms with E-state index in [0.29, 0.717) is 0 Å². The smallest absolute Gasteiger partial charge is 0.158 e. The van der Waals surface area contributed by atoms with E-state index in [-0.39, 0.29) is 11.9 Å². The molecule has 0 rings (SSSR count). The number of hydrogen-bond donors (Lipinski definition) is 0. The van der Waals surface area contributed by atoms with Crippen molar-refractivity contribution in [2.45, 2.75) is 78.2 Å². The highest BCUT2D eigenvalue weighted by atomic mass is 16.5. The lowest BCUT2D eigenvalue weighted by molar-refractivity contribution is -0.127. The number of carbonyl (C=O) groups is 1. The minimum absolute atomic E-state index is 0.125. The second-order valence-corrected chi connectivity index (χ2v) is 4.60. The third-order valence-corrected chi connectivity index (χ3v) is 2.94. The summed E-state index contributed by atoms with van der Waals surface area (Å²) in [5.74, 6) is 0.125. The van der Waals surface area contributed by atoms with Gasteiger partial charge in [0, 0.05) is 6.61 Å². The fourth-order valence-electron chi connectivity index (χ4n) is 1.61. The van der Waals surface area contributed by atoms with Gasteiger partial charge in [0.1, 0.15) is 6.10 Å². The van der Waals surface area contributed by atoms with Crippen molar-refractivity contribution in [3.63, 3.8) is 0 Å². The maximum absolute atomic E-state index is 10.9. The molecule has 0 heterocycles. The molecule has 0 spiro atoms. The van der Waals surface area contributed by atoms with Crippen LogP contribution < -0.4 is 0 Å². The molecule has 2 heteroatoms. The Morgan fingerprint density at radius 3 is 2.00 bits per heavy atom. The summed E-state index contributed by atoms with van der Waals surface area (Å²) in [6.07, 6.45) is 10.2. The van der Waals surface area contributed by atoms with Gasteiger partial charge in [0.25, 0.3) is 0 Å². The van der Waals surface area contributed by atoms with Gasteiger partial charge in [-0.15, -0.1) is 0 Å². The van der Waals surface area contributed by atoms with E-state index in [1.807, 2.05) is 6.92 Å². The summed E-state index contributed by atoms with van der Waals surface area (Å²) < 4.78 is 5.40. The molecule has 0 aliphatic heterocycles. The SMILES string of the molecule is CCCCCCCCCCOC(C)C(C)=O. The van der Waals surface area contributed by atoms with Gasteiger partial charge in [-0.2, -0.15) is 0 Å². The molecule has 0 N–H and O–H groups in total. The molecular formula is C14H28O2. The first kappa shape index (κ1) is 15.6. The second kappa shape index (κ2) is 11.1. The van der Waals surface area contributed by atoms with Crippen molar-refractivity contribution in [3.05, 3.63) is 0 Å². The Balaban J connectivity index is 3.07. The zero-order valence-corrected chi connectivity index (χ0v) is 11.3. The van der Waals surface area contributed by atoms with Gasteiger partial charge < -0.3 is 4.74 Å². The molecule has 16 heavy (non-hydrogen) atoms. The van der Waals surface area contributed by atoms with E-state index in [9.17, 15) is 4.79 Å². The van der Waals surface area contributed by atoms with Crippen LogP contribution in [0.25, 0.3) is 0 Å². The Kier molecular flexibility index (Phi) is 10.9. The predicted molar refractivity (Wildman–Crippen MR) is 68.7 cm³/mol. The third kappa shape index (κ3) is 10.2. The van der Waals surface area contributed by atoms with Crippen LogP contribution in [0.15, 0.2) is 0 Å². The van der Waals surface area contributed by atoms with Crippen LogP contribution in [-0.2, 0) is 9.53 Å². The van der Waals surface area contributed by atoms with Gasteiger partial charge in [0.15, 0.2) is 5.78 Å². The van der Waals surface area contributed by atoms with Crippen LogP contribution in [0.1, 0.15) is 72.1 Å². The molecule has 0 radical (unpaired) electrons.